The lowest BCUT2D eigenvalue weighted by molar-refractivity contribution is -0.131. The van der Waals surface area contributed by atoms with Gasteiger partial charge in [0, 0.05) is 6.92 Å². The topological polar surface area (TPSA) is 69.4 Å². The average Bonchev–Trinajstić information content (AvgIpc) is 2.41. The third kappa shape index (κ3) is 3.25. The summed E-state index contributed by atoms with van der Waals surface area (Å²) in [6, 6.07) is 9.13. The highest BCUT2D eigenvalue weighted by Crippen LogP contribution is 2.30. The number of esters is 1. The van der Waals surface area contributed by atoms with Crippen LogP contribution in [0.2, 0.25) is 0 Å². The van der Waals surface area contributed by atoms with E-state index in [9.17, 15) is 14.0 Å². The van der Waals surface area contributed by atoms with Gasteiger partial charge in [0.25, 0.3) is 5.91 Å². The number of hydrogen-bond donors (Lipinski definition) is 1. The number of benzene rings is 2. The molecule has 0 aliphatic carbocycles. The molecule has 0 fully saturated rings. The summed E-state index contributed by atoms with van der Waals surface area (Å²) in [5, 5.41) is 0. The molecule has 4 nitrogen and oxygen atoms in total. The number of ether oxygens (including phenoxy) is 1. The van der Waals surface area contributed by atoms with E-state index < -0.39 is 11.9 Å². The molecular formula is C16H14FNO3. The molecule has 108 valence electrons. The van der Waals surface area contributed by atoms with Gasteiger partial charge in [-0.1, -0.05) is 12.1 Å². The number of primary amides is 1. The summed E-state index contributed by atoms with van der Waals surface area (Å²) in [6.45, 7) is 2.95. The molecule has 2 N–H and O–H groups in total. The minimum atomic E-state index is -0.696. The van der Waals surface area contributed by atoms with Gasteiger partial charge in [-0.05, 0) is 47.9 Å². The van der Waals surface area contributed by atoms with E-state index in [0.717, 1.165) is 5.56 Å². The quantitative estimate of drug-likeness (QED) is 0.697. The second-order valence-electron chi connectivity index (χ2n) is 4.63. The summed E-state index contributed by atoms with van der Waals surface area (Å²) in [6.07, 6.45) is 0. The Morgan fingerprint density at radius 2 is 1.71 bits per heavy atom. The molecule has 2 aromatic carbocycles. The molecule has 0 aromatic heterocycles. The molecule has 0 spiro atoms. The van der Waals surface area contributed by atoms with E-state index in [1.165, 1.54) is 25.1 Å². The fourth-order valence-electron chi connectivity index (χ4n) is 2.05. The number of halogens is 1. The fraction of sp³-hybridized carbons (Fsp3) is 0.125. The Balaban J connectivity index is 2.58. The molecule has 0 radical (unpaired) electrons. The number of hydrogen-bond acceptors (Lipinski definition) is 3. The summed E-state index contributed by atoms with van der Waals surface area (Å²) in [5.74, 6) is -1.42. The van der Waals surface area contributed by atoms with Crippen LogP contribution in [0.4, 0.5) is 4.39 Å². The van der Waals surface area contributed by atoms with Gasteiger partial charge in [-0.15, -0.1) is 0 Å². The van der Waals surface area contributed by atoms with E-state index >= 15 is 0 Å². The zero-order valence-corrected chi connectivity index (χ0v) is 11.6. The van der Waals surface area contributed by atoms with Crippen LogP contribution in [-0.2, 0) is 4.79 Å². The van der Waals surface area contributed by atoms with Crippen molar-refractivity contribution in [3.63, 3.8) is 0 Å². The summed E-state index contributed by atoms with van der Waals surface area (Å²) in [7, 11) is 0. The average molecular weight is 287 g/mol. The summed E-state index contributed by atoms with van der Waals surface area (Å²) in [4.78, 5) is 22.7. The largest absolute Gasteiger partial charge is 0.426 e. The smallest absolute Gasteiger partial charge is 0.308 e. The van der Waals surface area contributed by atoms with E-state index in [0.29, 0.717) is 11.1 Å². The van der Waals surface area contributed by atoms with Gasteiger partial charge < -0.3 is 10.5 Å². The van der Waals surface area contributed by atoms with Gasteiger partial charge in [0.15, 0.2) is 0 Å². The maximum absolute atomic E-state index is 13.0. The third-order valence-corrected chi connectivity index (χ3v) is 2.96. The van der Waals surface area contributed by atoms with E-state index in [4.69, 9.17) is 10.5 Å². The Morgan fingerprint density at radius 3 is 2.24 bits per heavy atom. The maximum atomic E-state index is 13.0. The molecule has 0 saturated heterocycles. The monoisotopic (exact) mass is 287 g/mol. The molecule has 2 rings (SSSR count). The Kier molecular flexibility index (Phi) is 4.03. The van der Waals surface area contributed by atoms with Crippen molar-refractivity contribution in [2.75, 3.05) is 0 Å². The Bertz CT molecular complexity index is 708. The lowest BCUT2D eigenvalue weighted by atomic mass is 9.99. The number of aryl methyl sites for hydroxylation is 1. The molecule has 0 unspecified atom stereocenters. The Labute approximate surface area is 121 Å². The highest BCUT2D eigenvalue weighted by atomic mass is 19.1. The second kappa shape index (κ2) is 5.75. The van der Waals surface area contributed by atoms with Crippen LogP contribution in [0.1, 0.15) is 22.8 Å². The van der Waals surface area contributed by atoms with Gasteiger partial charge in [-0.25, -0.2) is 4.39 Å². The van der Waals surface area contributed by atoms with Crippen molar-refractivity contribution in [2.24, 2.45) is 5.73 Å². The van der Waals surface area contributed by atoms with E-state index in [1.807, 2.05) is 0 Å². The highest BCUT2D eigenvalue weighted by Gasteiger charge is 2.16. The zero-order chi connectivity index (χ0) is 15.6. The molecular weight excluding hydrogens is 273 g/mol. The van der Waals surface area contributed by atoms with Gasteiger partial charge >= 0.3 is 5.97 Å². The van der Waals surface area contributed by atoms with Crippen molar-refractivity contribution >= 4 is 11.9 Å². The standard InChI is InChI=1S/C16H14FNO3/c1-9-7-12(11-3-5-13(17)6-4-11)8-14(16(18)20)15(9)21-10(2)19/h3-8H,1-2H3,(H2,18,20). The van der Waals surface area contributed by atoms with Crippen molar-refractivity contribution in [3.8, 4) is 16.9 Å². The molecule has 0 atom stereocenters. The van der Waals surface area contributed by atoms with Crippen LogP contribution in [0.5, 0.6) is 5.75 Å². The van der Waals surface area contributed by atoms with Gasteiger partial charge in [0.2, 0.25) is 0 Å². The normalized spacial score (nSPS) is 10.2. The minimum absolute atomic E-state index is 0.115. The Morgan fingerprint density at radius 1 is 1.10 bits per heavy atom. The van der Waals surface area contributed by atoms with E-state index in [1.54, 1.807) is 25.1 Å². The van der Waals surface area contributed by atoms with E-state index in [-0.39, 0.29) is 17.1 Å². The number of carbonyl (C=O) groups excluding carboxylic acids is 2. The highest BCUT2D eigenvalue weighted by molar-refractivity contribution is 5.98. The molecule has 0 aliphatic rings. The molecule has 0 heterocycles. The third-order valence-electron chi connectivity index (χ3n) is 2.96. The van der Waals surface area contributed by atoms with Gasteiger partial charge in [0.05, 0.1) is 5.56 Å². The van der Waals surface area contributed by atoms with Crippen LogP contribution in [0.25, 0.3) is 11.1 Å². The maximum Gasteiger partial charge on any atom is 0.308 e. The lowest BCUT2D eigenvalue weighted by Gasteiger charge is -2.12. The van der Waals surface area contributed by atoms with Crippen molar-refractivity contribution in [2.45, 2.75) is 13.8 Å². The van der Waals surface area contributed by atoms with Crippen LogP contribution in [0, 0.1) is 12.7 Å². The van der Waals surface area contributed by atoms with Crippen LogP contribution in [0.3, 0.4) is 0 Å². The molecule has 21 heavy (non-hydrogen) atoms. The molecule has 5 heteroatoms. The first-order valence-corrected chi connectivity index (χ1v) is 6.27. The Hall–Kier alpha value is -2.69. The zero-order valence-electron chi connectivity index (χ0n) is 11.6. The number of carbonyl (C=O) groups is 2. The van der Waals surface area contributed by atoms with Crippen LogP contribution >= 0.6 is 0 Å². The number of amides is 1. The predicted octanol–water partition coefficient (Wildman–Crippen LogP) is 2.83. The predicted molar refractivity (Wildman–Crippen MR) is 76.4 cm³/mol. The van der Waals surface area contributed by atoms with Crippen LogP contribution in [-0.4, -0.2) is 11.9 Å². The summed E-state index contributed by atoms with van der Waals surface area (Å²) in [5.41, 5.74) is 7.48. The number of nitrogens with two attached hydrogens (primary N) is 1. The second-order valence-corrected chi connectivity index (χ2v) is 4.63. The van der Waals surface area contributed by atoms with Crippen LogP contribution in [0.15, 0.2) is 36.4 Å². The minimum Gasteiger partial charge on any atom is -0.426 e. The van der Waals surface area contributed by atoms with E-state index in [2.05, 4.69) is 0 Å². The van der Waals surface area contributed by atoms with Crippen LogP contribution < -0.4 is 10.5 Å². The molecule has 0 bridgehead atoms. The molecule has 0 saturated carbocycles. The molecule has 2 aromatic rings. The number of rotatable bonds is 3. The molecule has 1 amide bonds. The van der Waals surface area contributed by atoms with Crippen molar-refractivity contribution in [1.82, 2.24) is 0 Å². The van der Waals surface area contributed by atoms with Crippen molar-refractivity contribution in [3.05, 3.63) is 53.3 Å². The van der Waals surface area contributed by atoms with Gasteiger partial charge in [-0.3, -0.25) is 9.59 Å². The SMILES string of the molecule is CC(=O)Oc1c(C)cc(-c2ccc(F)cc2)cc1C(N)=O. The fourth-order valence-corrected chi connectivity index (χ4v) is 2.05. The first-order valence-electron chi connectivity index (χ1n) is 6.27. The van der Waals surface area contributed by atoms with Crippen molar-refractivity contribution in [1.29, 1.82) is 0 Å². The summed E-state index contributed by atoms with van der Waals surface area (Å²) < 4.78 is 18.0. The lowest BCUT2D eigenvalue weighted by Crippen LogP contribution is -2.15. The van der Waals surface area contributed by atoms with Gasteiger partial charge in [-0.2, -0.15) is 0 Å². The van der Waals surface area contributed by atoms with Gasteiger partial charge in [0.1, 0.15) is 11.6 Å². The summed E-state index contributed by atoms with van der Waals surface area (Å²) >= 11 is 0. The first-order chi connectivity index (χ1) is 9.88. The molecule has 0 aliphatic heterocycles. The van der Waals surface area contributed by atoms with Crippen molar-refractivity contribution < 1.29 is 18.7 Å². The first kappa shape index (κ1) is 14.7.